The zero-order chi connectivity index (χ0) is 14.8. The van der Waals surface area contributed by atoms with Gasteiger partial charge in [0, 0.05) is 30.7 Å². The highest BCUT2D eigenvalue weighted by Crippen LogP contribution is 2.26. The number of nitrogens with zero attached hydrogens (tertiary/aromatic N) is 4. The minimum atomic E-state index is 0.716. The van der Waals surface area contributed by atoms with E-state index < -0.39 is 0 Å². The first-order chi connectivity index (χ1) is 10.9. The lowest BCUT2D eigenvalue weighted by atomic mass is 10.2. The van der Waals surface area contributed by atoms with Crippen LogP contribution in [-0.4, -0.2) is 19.6 Å². The van der Waals surface area contributed by atoms with Crippen molar-refractivity contribution >= 4 is 22.8 Å². The molecule has 22 heavy (non-hydrogen) atoms. The van der Waals surface area contributed by atoms with Gasteiger partial charge in [0.2, 0.25) is 0 Å². The van der Waals surface area contributed by atoms with Crippen LogP contribution in [0.3, 0.4) is 0 Å². The van der Waals surface area contributed by atoms with E-state index in [1.807, 2.05) is 30.6 Å². The van der Waals surface area contributed by atoms with Gasteiger partial charge in [0.25, 0.3) is 0 Å². The van der Waals surface area contributed by atoms with Crippen molar-refractivity contribution < 1.29 is 0 Å². The molecular formula is C16H13N5S. The maximum Gasteiger partial charge on any atom is 0.165 e. The van der Waals surface area contributed by atoms with E-state index in [1.165, 1.54) is 5.56 Å². The summed E-state index contributed by atoms with van der Waals surface area (Å²) in [6, 6.07) is 7.99. The lowest BCUT2D eigenvalue weighted by Crippen LogP contribution is -2.02. The highest BCUT2D eigenvalue weighted by atomic mass is 32.1. The minimum Gasteiger partial charge on any atom is -0.366 e. The predicted molar refractivity (Wildman–Crippen MR) is 87.9 cm³/mol. The lowest BCUT2D eigenvalue weighted by Gasteiger charge is -2.06. The number of hydrogen-bond donors (Lipinski definition) is 1. The molecule has 5 nitrogen and oxygen atoms in total. The van der Waals surface area contributed by atoms with Gasteiger partial charge in [-0.2, -0.15) is 16.4 Å². The van der Waals surface area contributed by atoms with E-state index in [-0.39, 0.29) is 0 Å². The van der Waals surface area contributed by atoms with Crippen LogP contribution in [0.15, 0.2) is 59.8 Å². The van der Waals surface area contributed by atoms with Crippen molar-refractivity contribution in [2.45, 2.75) is 6.54 Å². The van der Waals surface area contributed by atoms with Crippen LogP contribution in [0.5, 0.6) is 0 Å². The number of nitrogens with one attached hydrogen (secondary N) is 1. The first kappa shape index (κ1) is 13.0. The van der Waals surface area contributed by atoms with Crippen LogP contribution in [0.4, 0.5) is 5.82 Å². The maximum atomic E-state index is 4.68. The summed E-state index contributed by atoms with van der Waals surface area (Å²) in [7, 11) is 0. The second-order valence-corrected chi connectivity index (χ2v) is 5.64. The van der Waals surface area contributed by atoms with Crippen molar-refractivity contribution in [2.75, 3.05) is 5.32 Å². The Hall–Kier alpha value is -2.73. The second kappa shape index (κ2) is 5.57. The monoisotopic (exact) mass is 307 g/mol. The Morgan fingerprint density at radius 3 is 2.86 bits per heavy atom. The summed E-state index contributed by atoms with van der Waals surface area (Å²) in [4.78, 5) is 8.70. The van der Waals surface area contributed by atoms with Crippen molar-refractivity contribution in [1.82, 2.24) is 19.6 Å². The molecule has 0 bridgehead atoms. The van der Waals surface area contributed by atoms with E-state index >= 15 is 0 Å². The fourth-order valence-electron chi connectivity index (χ4n) is 2.28. The van der Waals surface area contributed by atoms with Gasteiger partial charge in [0.15, 0.2) is 5.65 Å². The van der Waals surface area contributed by atoms with Gasteiger partial charge in [-0.1, -0.05) is 0 Å². The molecule has 4 rings (SSSR count). The maximum absolute atomic E-state index is 4.68. The standard InChI is InChI=1S/C16H13N5S/c1-5-17-6-2-12(1)9-18-15-3-7-21-16(20-15)14(10-19-21)13-4-8-22-11-13/h1-8,10-11H,9H2,(H,18,20). The van der Waals surface area contributed by atoms with Gasteiger partial charge in [0.05, 0.1) is 6.20 Å². The third-order valence-corrected chi connectivity index (χ3v) is 4.11. The van der Waals surface area contributed by atoms with Gasteiger partial charge < -0.3 is 5.32 Å². The highest BCUT2D eigenvalue weighted by molar-refractivity contribution is 7.08. The van der Waals surface area contributed by atoms with E-state index in [4.69, 9.17) is 0 Å². The average molecular weight is 307 g/mol. The van der Waals surface area contributed by atoms with E-state index in [0.29, 0.717) is 6.54 Å². The van der Waals surface area contributed by atoms with Crippen LogP contribution in [0, 0.1) is 0 Å². The van der Waals surface area contributed by atoms with Crippen LogP contribution in [0.25, 0.3) is 16.8 Å². The molecule has 108 valence electrons. The Balaban J connectivity index is 1.64. The van der Waals surface area contributed by atoms with E-state index in [0.717, 1.165) is 22.6 Å². The summed E-state index contributed by atoms with van der Waals surface area (Å²) in [5.41, 5.74) is 4.23. The van der Waals surface area contributed by atoms with Crippen molar-refractivity contribution in [3.05, 3.63) is 65.4 Å². The molecule has 0 aliphatic rings. The molecule has 0 aromatic carbocycles. The topological polar surface area (TPSA) is 55.1 Å². The van der Waals surface area contributed by atoms with E-state index in [2.05, 4.69) is 37.2 Å². The van der Waals surface area contributed by atoms with Crippen LogP contribution in [0.2, 0.25) is 0 Å². The number of hydrogen-bond acceptors (Lipinski definition) is 5. The van der Waals surface area contributed by atoms with Crippen LogP contribution in [0.1, 0.15) is 5.56 Å². The molecule has 0 aliphatic heterocycles. The zero-order valence-electron chi connectivity index (χ0n) is 11.7. The SMILES string of the molecule is c1cc(CNc2ccn3ncc(-c4ccsc4)c3n2)ccn1. The second-order valence-electron chi connectivity index (χ2n) is 4.86. The van der Waals surface area contributed by atoms with Gasteiger partial charge in [-0.05, 0) is 46.2 Å². The third kappa shape index (κ3) is 2.44. The van der Waals surface area contributed by atoms with Crippen molar-refractivity contribution in [1.29, 1.82) is 0 Å². The number of fused-ring (bicyclic) bond motifs is 1. The highest BCUT2D eigenvalue weighted by Gasteiger charge is 2.09. The fraction of sp³-hybridized carbons (Fsp3) is 0.0625. The number of rotatable bonds is 4. The summed E-state index contributed by atoms with van der Waals surface area (Å²) >= 11 is 1.67. The molecule has 0 radical (unpaired) electrons. The normalized spacial score (nSPS) is 10.9. The van der Waals surface area contributed by atoms with Gasteiger partial charge >= 0.3 is 0 Å². The van der Waals surface area contributed by atoms with E-state index in [9.17, 15) is 0 Å². The Bertz CT molecular complexity index is 883. The van der Waals surface area contributed by atoms with Gasteiger partial charge in [0.1, 0.15) is 5.82 Å². The summed E-state index contributed by atoms with van der Waals surface area (Å²) in [6.45, 7) is 0.716. The molecule has 0 saturated carbocycles. The third-order valence-electron chi connectivity index (χ3n) is 3.42. The molecule has 4 heterocycles. The van der Waals surface area contributed by atoms with E-state index in [1.54, 1.807) is 28.2 Å². The van der Waals surface area contributed by atoms with Crippen LogP contribution >= 0.6 is 11.3 Å². The average Bonchev–Trinajstić information content (AvgIpc) is 3.22. The number of pyridine rings is 1. The summed E-state index contributed by atoms with van der Waals surface area (Å²) in [6.07, 6.45) is 7.36. The molecule has 0 fully saturated rings. The zero-order valence-corrected chi connectivity index (χ0v) is 12.5. The largest absolute Gasteiger partial charge is 0.366 e. The summed E-state index contributed by atoms with van der Waals surface area (Å²) < 4.78 is 1.80. The summed E-state index contributed by atoms with van der Waals surface area (Å²) in [5.74, 6) is 0.835. The van der Waals surface area contributed by atoms with Crippen LogP contribution in [-0.2, 0) is 6.54 Å². The van der Waals surface area contributed by atoms with Crippen LogP contribution < -0.4 is 5.32 Å². The quantitative estimate of drug-likeness (QED) is 0.627. The molecule has 0 spiro atoms. The van der Waals surface area contributed by atoms with Gasteiger partial charge in [-0.15, -0.1) is 0 Å². The van der Waals surface area contributed by atoms with Gasteiger partial charge in [-0.25, -0.2) is 9.50 Å². The fourth-order valence-corrected chi connectivity index (χ4v) is 2.94. The number of aromatic nitrogens is 4. The molecule has 0 atom stereocenters. The number of thiophene rings is 1. The molecule has 4 aromatic heterocycles. The molecule has 0 amide bonds. The molecule has 4 aromatic rings. The Kier molecular flexibility index (Phi) is 3.29. The minimum absolute atomic E-state index is 0.716. The smallest absolute Gasteiger partial charge is 0.165 e. The first-order valence-electron chi connectivity index (χ1n) is 6.90. The van der Waals surface area contributed by atoms with Gasteiger partial charge in [-0.3, -0.25) is 4.98 Å². The molecule has 1 N–H and O–H groups in total. The molecular weight excluding hydrogens is 294 g/mol. The van der Waals surface area contributed by atoms with Crippen molar-refractivity contribution in [2.24, 2.45) is 0 Å². The predicted octanol–water partition coefficient (Wildman–Crippen LogP) is 3.46. The first-order valence-corrected chi connectivity index (χ1v) is 7.84. The molecule has 0 saturated heterocycles. The Morgan fingerprint density at radius 1 is 1.14 bits per heavy atom. The van der Waals surface area contributed by atoms with Crippen molar-refractivity contribution in [3.8, 4) is 11.1 Å². The summed E-state index contributed by atoms with van der Waals surface area (Å²) in [5, 5.41) is 11.9. The lowest BCUT2D eigenvalue weighted by molar-refractivity contribution is 0.936. The molecule has 6 heteroatoms. The Morgan fingerprint density at radius 2 is 2.05 bits per heavy atom. The van der Waals surface area contributed by atoms with Crippen molar-refractivity contribution in [3.63, 3.8) is 0 Å². The number of anilines is 1. The molecule has 0 aliphatic carbocycles. The molecule has 0 unspecified atom stereocenters. The Labute approximate surface area is 131 Å².